The second-order valence-corrected chi connectivity index (χ2v) is 6.32. The number of methoxy groups -OCH3 is 2. The number of benzene rings is 2. The number of carbonyl (C=O) groups excluding carboxylic acids is 3. The fourth-order valence-corrected chi connectivity index (χ4v) is 2.92. The zero-order valence-electron chi connectivity index (χ0n) is 17.4. The lowest BCUT2D eigenvalue weighted by atomic mass is 10.1. The monoisotopic (exact) mass is 398 g/mol. The molecule has 0 fully saturated rings. The molecular formula is C22H26N2O5. The zero-order valence-corrected chi connectivity index (χ0v) is 17.4. The summed E-state index contributed by atoms with van der Waals surface area (Å²) >= 11 is 0. The van der Waals surface area contributed by atoms with E-state index in [1.54, 1.807) is 41.3 Å². The number of amides is 2. The van der Waals surface area contributed by atoms with Gasteiger partial charge in [-0.3, -0.25) is 14.4 Å². The highest BCUT2D eigenvalue weighted by molar-refractivity contribution is 6.07. The number of hydrogen-bond donors (Lipinski definition) is 1. The summed E-state index contributed by atoms with van der Waals surface area (Å²) < 4.78 is 10.8. The number of Topliss-reactive ketones (excluding diaryl/α,β-unsaturated/α-hetero) is 1. The molecule has 0 aliphatic carbocycles. The molecule has 2 rings (SSSR count). The maximum atomic E-state index is 12.8. The van der Waals surface area contributed by atoms with E-state index in [0.29, 0.717) is 47.0 Å². The normalized spacial score (nSPS) is 10.2. The first-order valence-electron chi connectivity index (χ1n) is 9.33. The molecule has 0 saturated heterocycles. The van der Waals surface area contributed by atoms with Crippen molar-refractivity contribution in [2.24, 2.45) is 0 Å². The Morgan fingerprint density at radius 3 is 1.97 bits per heavy atom. The second-order valence-electron chi connectivity index (χ2n) is 6.32. The summed E-state index contributed by atoms with van der Waals surface area (Å²) in [5.74, 6) is 0.0150. The van der Waals surface area contributed by atoms with Crippen LogP contribution in [0.4, 0.5) is 5.69 Å². The predicted octanol–water partition coefficient (Wildman–Crippen LogP) is 3.64. The van der Waals surface area contributed by atoms with Crippen molar-refractivity contribution in [3.63, 3.8) is 0 Å². The lowest BCUT2D eigenvalue weighted by Crippen LogP contribution is -2.30. The average molecular weight is 398 g/mol. The molecule has 2 aromatic rings. The Balaban J connectivity index is 2.41. The SMILES string of the molecule is CCN(CC)C(=O)c1cc(NC(=O)c2ccc(C(C)=O)cc2)c(OC)c(OC)c1. The third-order valence-electron chi connectivity index (χ3n) is 4.58. The highest BCUT2D eigenvalue weighted by Gasteiger charge is 2.21. The minimum Gasteiger partial charge on any atom is -0.493 e. The van der Waals surface area contributed by atoms with E-state index in [4.69, 9.17) is 9.47 Å². The van der Waals surface area contributed by atoms with Crippen molar-refractivity contribution in [1.29, 1.82) is 0 Å². The maximum Gasteiger partial charge on any atom is 0.255 e. The Hall–Kier alpha value is -3.35. The van der Waals surface area contributed by atoms with Gasteiger partial charge in [0.15, 0.2) is 17.3 Å². The van der Waals surface area contributed by atoms with Gasteiger partial charge in [0.2, 0.25) is 0 Å². The molecule has 0 spiro atoms. The summed E-state index contributed by atoms with van der Waals surface area (Å²) in [5, 5.41) is 2.77. The summed E-state index contributed by atoms with van der Waals surface area (Å²) in [7, 11) is 2.93. The van der Waals surface area contributed by atoms with Crippen LogP contribution in [-0.2, 0) is 0 Å². The topological polar surface area (TPSA) is 84.9 Å². The Morgan fingerprint density at radius 1 is 0.897 bits per heavy atom. The molecule has 0 atom stereocenters. The third-order valence-corrected chi connectivity index (χ3v) is 4.58. The Kier molecular flexibility index (Phi) is 7.36. The van der Waals surface area contributed by atoms with Gasteiger partial charge in [0.25, 0.3) is 11.8 Å². The van der Waals surface area contributed by atoms with E-state index in [0.717, 1.165) is 0 Å². The molecule has 0 unspecified atom stereocenters. The summed E-state index contributed by atoms with van der Waals surface area (Å²) in [6.07, 6.45) is 0. The Morgan fingerprint density at radius 2 is 1.48 bits per heavy atom. The van der Waals surface area contributed by atoms with Crippen molar-refractivity contribution in [2.75, 3.05) is 32.6 Å². The highest BCUT2D eigenvalue weighted by Crippen LogP contribution is 2.37. The fourth-order valence-electron chi connectivity index (χ4n) is 2.92. The molecule has 0 heterocycles. The fraction of sp³-hybridized carbons (Fsp3) is 0.318. The minimum atomic E-state index is -0.395. The molecule has 0 saturated carbocycles. The molecule has 2 amide bonds. The molecule has 0 aromatic heterocycles. The van der Waals surface area contributed by atoms with Gasteiger partial charge < -0.3 is 19.7 Å². The van der Waals surface area contributed by atoms with Crippen LogP contribution in [0.3, 0.4) is 0 Å². The van der Waals surface area contributed by atoms with E-state index in [-0.39, 0.29) is 11.7 Å². The van der Waals surface area contributed by atoms with Crippen molar-refractivity contribution < 1.29 is 23.9 Å². The number of nitrogens with one attached hydrogen (secondary N) is 1. The van der Waals surface area contributed by atoms with Crippen LogP contribution in [0.15, 0.2) is 36.4 Å². The van der Waals surface area contributed by atoms with Crippen LogP contribution in [0.25, 0.3) is 0 Å². The predicted molar refractivity (Wildman–Crippen MR) is 111 cm³/mol. The second kappa shape index (κ2) is 9.73. The standard InChI is InChI=1S/C22H26N2O5/c1-6-24(7-2)22(27)17-12-18(20(29-5)19(13-17)28-4)23-21(26)16-10-8-15(9-11-16)14(3)25/h8-13H,6-7H2,1-5H3,(H,23,26). The van der Waals surface area contributed by atoms with Crippen molar-refractivity contribution in [2.45, 2.75) is 20.8 Å². The first-order chi connectivity index (χ1) is 13.9. The average Bonchev–Trinajstić information content (AvgIpc) is 2.73. The molecule has 7 heteroatoms. The van der Waals surface area contributed by atoms with Gasteiger partial charge in [-0.1, -0.05) is 12.1 Å². The van der Waals surface area contributed by atoms with Crippen molar-refractivity contribution in [3.8, 4) is 11.5 Å². The molecular weight excluding hydrogens is 372 g/mol. The van der Waals surface area contributed by atoms with Crippen LogP contribution in [-0.4, -0.2) is 49.8 Å². The largest absolute Gasteiger partial charge is 0.493 e. The van der Waals surface area contributed by atoms with Gasteiger partial charge in [-0.15, -0.1) is 0 Å². The maximum absolute atomic E-state index is 12.8. The summed E-state index contributed by atoms with van der Waals surface area (Å²) in [6, 6.07) is 9.49. The van der Waals surface area contributed by atoms with E-state index >= 15 is 0 Å². The van der Waals surface area contributed by atoms with Crippen LogP contribution >= 0.6 is 0 Å². The number of ether oxygens (including phenoxy) is 2. The zero-order chi connectivity index (χ0) is 21.6. The van der Waals surface area contributed by atoms with Crippen molar-refractivity contribution >= 4 is 23.3 Å². The van der Waals surface area contributed by atoms with Crippen LogP contribution in [0.5, 0.6) is 11.5 Å². The molecule has 1 N–H and O–H groups in total. The summed E-state index contributed by atoms with van der Waals surface area (Å²) in [6.45, 7) is 6.39. The summed E-state index contributed by atoms with van der Waals surface area (Å²) in [4.78, 5) is 38.6. The van der Waals surface area contributed by atoms with Crippen molar-refractivity contribution in [1.82, 2.24) is 4.90 Å². The first-order valence-corrected chi connectivity index (χ1v) is 9.33. The van der Waals surface area contributed by atoms with E-state index in [9.17, 15) is 14.4 Å². The van der Waals surface area contributed by atoms with E-state index in [2.05, 4.69) is 5.32 Å². The molecule has 29 heavy (non-hydrogen) atoms. The van der Waals surface area contributed by atoms with Crippen molar-refractivity contribution in [3.05, 3.63) is 53.1 Å². The summed E-state index contributed by atoms with van der Waals surface area (Å²) in [5.41, 5.74) is 1.60. The lowest BCUT2D eigenvalue weighted by Gasteiger charge is -2.21. The molecule has 0 aliphatic heterocycles. The van der Waals surface area contributed by atoms with Crippen LogP contribution in [0.2, 0.25) is 0 Å². The van der Waals surface area contributed by atoms with E-state index in [1.807, 2.05) is 13.8 Å². The molecule has 2 aromatic carbocycles. The first kappa shape index (κ1) is 21.9. The van der Waals surface area contributed by atoms with Gasteiger partial charge >= 0.3 is 0 Å². The molecule has 0 radical (unpaired) electrons. The lowest BCUT2D eigenvalue weighted by molar-refractivity contribution is 0.0772. The molecule has 0 bridgehead atoms. The molecule has 154 valence electrons. The van der Waals surface area contributed by atoms with Crippen LogP contribution < -0.4 is 14.8 Å². The van der Waals surface area contributed by atoms with Gasteiger partial charge in [0.05, 0.1) is 19.9 Å². The minimum absolute atomic E-state index is 0.0778. The van der Waals surface area contributed by atoms with Crippen LogP contribution in [0.1, 0.15) is 51.8 Å². The van der Waals surface area contributed by atoms with Gasteiger partial charge in [0, 0.05) is 29.8 Å². The van der Waals surface area contributed by atoms with Gasteiger partial charge in [-0.2, -0.15) is 0 Å². The highest BCUT2D eigenvalue weighted by atomic mass is 16.5. The number of anilines is 1. The van der Waals surface area contributed by atoms with Crippen LogP contribution in [0, 0.1) is 0 Å². The van der Waals surface area contributed by atoms with E-state index in [1.165, 1.54) is 21.1 Å². The number of carbonyl (C=O) groups is 3. The van der Waals surface area contributed by atoms with E-state index < -0.39 is 5.91 Å². The Labute approximate surface area is 170 Å². The Bertz CT molecular complexity index is 902. The number of rotatable bonds is 8. The molecule has 0 aliphatic rings. The van der Waals surface area contributed by atoms with Gasteiger partial charge in [-0.25, -0.2) is 0 Å². The third kappa shape index (κ3) is 4.93. The smallest absolute Gasteiger partial charge is 0.255 e. The number of ketones is 1. The molecule has 7 nitrogen and oxygen atoms in total. The van der Waals surface area contributed by atoms with Gasteiger partial charge in [0.1, 0.15) is 0 Å². The van der Waals surface area contributed by atoms with Gasteiger partial charge in [-0.05, 0) is 45.0 Å². The quantitative estimate of drug-likeness (QED) is 0.686. The number of nitrogens with zero attached hydrogens (tertiary/aromatic N) is 1. The number of hydrogen-bond acceptors (Lipinski definition) is 5.